The summed E-state index contributed by atoms with van der Waals surface area (Å²) in [6.07, 6.45) is 0. The maximum absolute atomic E-state index is 13.6. The lowest BCUT2D eigenvalue weighted by Crippen LogP contribution is -2.46. The van der Waals surface area contributed by atoms with E-state index in [4.69, 9.17) is 4.74 Å². The second-order valence-electron chi connectivity index (χ2n) is 6.79. The van der Waals surface area contributed by atoms with E-state index in [1.165, 1.54) is 0 Å². The largest absolute Gasteiger partial charge is 0.454 e. The molecule has 0 aliphatic carbocycles. The van der Waals surface area contributed by atoms with Crippen molar-refractivity contribution in [3.63, 3.8) is 0 Å². The summed E-state index contributed by atoms with van der Waals surface area (Å²) in [6.45, 7) is 4.49. The molecule has 0 aliphatic rings. The molecule has 2 aromatic rings. The Morgan fingerprint density at radius 2 is 1.76 bits per heavy atom. The highest BCUT2D eigenvalue weighted by Gasteiger charge is 2.27. The number of carbonyl (C=O) groups excluding carboxylic acids is 3. The van der Waals surface area contributed by atoms with Gasteiger partial charge in [0.1, 0.15) is 17.7 Å². The molecule has 2 amide bonds. The van der Waals surface area contributed by atoms with Gasteiger partial charge in [-0.3, -0.25) is 9.59 Å². The van der Waals surface area contributed by atoms with Crippen LogP contribution in [0.4, 0.5) is 14.5 Å². The summed E-state index contributed by atoms with van der Waals surface area (Å²) in [4.78, 5) is 36.7. The molecule has 0 fully saturated rings. The van der Waals surface area contributed by atoms with Crippen LogP contribution in [0.15, 0.2) is 42.5 Å². The topological polar surface area (TPSA) is 84.5 Å². The van der Waals surface area contributed by atoms with Crippen molar-refractivity contribution in [2.24, 2.45) is 5.92 Å². The second kappa shape index (κ2) is 9.77. The first kappa shape index (κ1) is 22.0. The molecule has 0 radical (unpaired) electrons. The molecule has 154 valence electrons. The van der Waals surface area contributed by atoms with Gasteiger partial charge in [0.05, 0.1) is 5.69 Å². The molecule has 29 heavy (non-hydrogen) atoms. The Labute approximate surface area is 167 Å². The van der Waals surface area contributed by atoms with Gasteiger partial charge in [0.2, 0.25) is 0 Å². The average Bonchev–Trinajstić information content (AvgIpc) is 2.67. The normalized spacial score (nSPS) is 11.7. The number of hydrogen-bond acceptors (Lipinski definition) is 4. The Kier molecular flexibility index (Phi) is 7.41. The van der Waals surface area contributed by atoms with Crippen LogP contribution in [0.3, 0.4) is 0 Å². The number of amides is 2. The molecule has 0 heterocycles. The van der Waals surface area contributed by atoms with Crippen molar-refractivity contribution in [2.75, 3.05) is 11.9 Å². The Balaban J connectivity index is 1.97. The fourth-order valence-corrected chi connectivity index (χ4v) is 2.55. The highest BCUT2D eigenvalue weighted by Crippen LogP contribution is 2.15. The molecular weight excluding hydrogens is 382 g/mol. The van der Waals surface area contributed by atoms with Gasteiger partial charge in [0, 0.05) is 11.6 Å². The maximum atomic E-state index is 13.6. The molecule has 0 unspecified atom stereocenters. The molecule has 0 aromatic heterocycles. The van der Waals surface area contributed by atoms with Crippen LogP contribution in [0.25, 0.3) is 0 Å². The third-order valence-corrected chi connectivity index (χ3v) is 4.14. The Bertz CT molecular complexity index is 915. The summed E-state index contributed by atoms with van der Waals surface area (Å²) in [6, 6.07) is 8.51. The van der Waals surface area contributed by atoms with Gasteiger partial charge in [-0.1, -0.05) is 32.0 Å². The Morgan fingerprint density at radius 1 is 1.07 bits per heavy atom. The van der Waals surface area contributed by atoms with Gasteiger partial charge in [-0.2, -0.15) is 0 Å². The average molecular weight is 404 g/mol. The van der Waals surface area contributed by atoms with Gasteiger partial charge in [-0.25, -0.2) is 13.6 Å². The molecule has 0 spiro atoms. The molecule has 1 atom stereocenters. The van der Waals surface area contributed by atoms with E-state index in [0.717, 1.165) is 23.8 Å². The van der Waals surface area contributed by atoms with Crippen LogP contribution in [-0.2, 0) is 14.3 Å². The number of ether oxygens (including phenoxy) is 1. The maximum Gasteiger partial charge on any atom is 0.329 e. The fourth-order valence-electron chi connectivity index (χ4n) is 2.55. The second-order valence-corrected chi connectivity index (χ2v) is 6.79. The quantitative estimate of drug-likeness (QED) is 0.694. The van der Waals surface area contributed by atoms with Gasteiger partial charge in [-0.15, -0.1) is 0 Å². The van der Waals surface area contributed by atoms with Crippen molar-refractivity contribution in [2.45, 2.75) is 26.8 Å². The van der Waals surface area contributed by atoms with Crippen LogP contribution in [0, 0.1) is 24.5 Å². The molecule has 0 saturated carbocycles. The molecule has 8 heteroatoms. The highest BCUT2D eigenvalue weighted by atomic mass is 19.1. The summed E-state index contributed by atoms with van der Waals surface area (Å²) in [5.74, 6) is -3.94. The third kappa shape index (κ3) is 6.10. The summed E-state index contributed by atoms with van der Waals surface area (Å²) in [7, 11) is 0. The van der Waals surface area contributed by atoms with Crippen LogP contribution in [-0.4, -0.2) is 30.4 Å². The minimum absolute atomic E-state index is 0.306. The predicted molar refractivity (Wildman–Crippen MR) is 103 cm³/mol. The van der Waals surface area contributed by atoms with Gasteiger partial charge in [0.15, 0.2) is 6.61 Å². The van der Waals surface area contributed by atoms with Gasteiger partial charge in [0.25, 0.3) is 11.8 Å². The van der Waals surface area contributed by atoms with E-state index in [-0.39, 0.29) is 11.6 Å². The molecule has 2 N–H and O–H groups in total. The molecule has 2 rings (SSSR count). The number of carbonyl (C=O) groups is 3. The van der Waals surface area contributed by atoms with E-state index in [9.17, 15) is 23.2 Å². The zero-order valence-electron chi connectivity index (χ0n) is 16.3. The van der Waals surface area contributed by atoms with Crippen molar-refractivity contribution >= 4 is 23.5 Å². The van der Waals surface area contributed by atoms with Crippen molar-refractivity contribution in [3.8, 4) is 0 Å². The number of anilines is 1. The van der Waals surface area contributed by atoms with Crippen molar-refractivity contribution in [1.29, 1.82) is 0 Å². The number of rotatable bonds is 7. The van der Waals surface area contributed by atoms with Gasteiger partial charge in [-0.05, 0) is 36.6 Å². The molecule has 6 nitrogen and oxygen atoms in total. The molecule has 2 aromatic carbocycles. The highest BCUT2D eigenvalue weighted by molar-refractivity contribution is 5.98. The summed E-state index contributed by atoms with van der Waals surface area (Å²) in [5, 5.41) is 4.74. The molecular formula is C21H22F2N2O4. The smallest absolute Gasteiger partial charge is 0.329 e. The number of aryl methyl sites for hydroxylation is 1. The molecule has 0 aliphatic heterocycles. The van der Waals surface area contributed by atoms with E-state index in [1.807, 2.05) is 0 Å². The number of benzene rings is 2. The number of halogens is 2. The SMILES string of the molecule is Cc1ccccc1C(=O)N[C@H](C(=O)OCC(=O)Nc1cc(F)ccc1F)C(C)C. The van der Waals surface area contributed by atoms with Crippen molar-refractivity contribution in [3.05, 3.63) is 65.2 Å². The molecule has 0 saturated heterocycles. The van der Waals surface area contributed by atoms with Crippen LogP contribution < -0.4 is 10.6 Å². The van der Waals surface area contributed by atoms with Crippen LogP contribution >= 0.6 is 0 Å². The Hall–Kier alpha value is -3.29. The summed E-state index contributed by atoms with van der Waals surface area (Å²) >= 11 is 0. The third-order valence-electron chi connectivity index (χ3n) is 4.14. The number of esters is 1. The molecule has 0 bridgehead atoms. The van der Waals surface area contributed by atoms with Gasteiger partial charge >= 0.3 is 5.97 Å². The van der Waals surface area contributed by atoms with Crippen LogP contribution in [0.1, 0.15) is 29.8 Å². The van der Waals surface area contributed by atoms with E-state index < -0.39 is 42.1 Å². The minimum atomic E-state index is -0.985. The van der Waals surface area contributed by atoms with Crippen molar-refractivity contribution in [1.82, 2.24) is 5.32 Å². The number of nitrogens with one attached hydrogen (secondary N) is 2. The Morgan fingerprint density at radius 3 is 2.41 bits per heavy atom. The van der Waals surface area contributed by atoms with Crippen LogP contribution in [0.2, 0.25) is 0 Å². The lowest BCUT2D eigenvalue weighted by atomic mass is 10.0. The fraction of sp³-hybridized carbons (Fsp3) is 0.286. The summed E-state index contributed by atoms with van der Waals surface area (Å²) < 4.78 is 31.7. The summed E-state index contributed by atoms with van der Waals surface area (Å²) in [5.41, 5.74) is 0.807. The lowest BCUT2D eigenvalue weighted by molar-refractivity contribution is -0.150. The zero-order valence-corrected chi connectivity index (χ0v) is 16.3. The van der Waals surface area contributed by atoms with Crippen molar-refractivity contribution < 1.29 is 27.9 Å². The van der Waals surface area contributed by atoms with E-state index in [1.54, 1.807) is 45.0 Å². The first-order chi connectivity index (χ1) is 13.7. The minimum Gasteiger partial charge on any atom is -0.454 e. The predicted octanol–water partition coefficient (Wildman–Crippen LogP) is 3.21. The first-order valence-electron chi connectivity index (χ1n) is 8.97. The standard InChI is InChI=1S/C21H22F2N2O4/c1-12(2)19(25-20(27)15-7-5-4-6-13(15)3)21(28)29-11-18(26)24-17-10-14(22)8-9-16(17)23/h4-10,12,19H,11H2,1-3H3,(H,24,26)(H,25,27)/t19-/m0/s1. The monoisotopic (exact) mass is 404 g/mol. The lowest BCUT2D eigenvalue weighted by Gasteiger charge is -2.21. The number of hydrogen-bond donors (Lipinski definition) is 2. The van der Waals surface area contributed by atoms with E-state index in [2.05, 4.69) is 10.6 Å². The van der Waals surface area contributed by atoms with E-state index >= 15 is 0 Å². The first-order valence-corrected chi connectivity index (χ1v) is 8.97. The van der Waals surface area contributed by atoms with E-state index in [0.29, 0.717) is 5.56 Å². The van der Waals surface area contributed by atoms with Gasteiger partial charge < -0.3 is 15.4 Å². The zero-order chi connectivity index (χ0) is 21.6. The van der Waals surface area contributed by atoms with Crippen LogP contribution in [0.5, 0.6) is 0 Å².